The molecule has 1 heteroatoms. The topological polar surface area (TPSA) is 0 Å². The van der Waals surface area contributed by atoms with Crippen LogP contribution < -0.4 is 0 Å². The predicted octanol–water partition coefficient (Wildman–Crippen LogP) is 9.65. The fraction of sp³-hybridized carbons (Fsp3) is 1.00. The molecule has 0 radical (unpaired) electrons. The fourth-order valence-corrected chi connectivity index (χ4v) is 10.9. The molecule has 0 N–H and O–H groups in total. The third-order valence-electron chi connectivity index (χ3n) is 11.9. The van der Waals surface area contributed by atoms with Crippen molar-refractivity contribution in [3.05, 3.63) is 0 Å². The van der Waals surface area contributed by atoms with E-state index in [9.17, 15) is 0 Å². The van der Waals surface area contributed by atoms with E-state index in [1.807, 2.05) is 0 Å². The van der Waals surface area contributed by atoms with E-state index in [0.29, 0.717) is 16.2 Å². The van der Waals surface area contributed by atoms with Crippen LogP contribution in [0.15, 0.2) is 0 Å². The van der Waals surface area contributed by atoms with Crippen molar-refractivity contribution in [2.45, 2.75) is 125 Å². The molecule has 0 amide bonds. The number of fused-ring (bicyclic) bond motifs is 5. The van der Waals surface area contributed by atoms with Gasteiger partial charge in [-0.2, -0.15) is 0 Å². The summed E-state index contributed by atoms with van der Waals surface area (Å²) >= 11 is 3.92. The predicted molar refractivity (Wildman–Crippen MR) is 135 cm³/mol. The van der Waals surface area contributed by atoms with Crippen molar-refractivity contribution in [2.75, 3.05) is 5.33 Å². The molecule has 0 nitrogen and oxygen atoms in total. The number of hydrogen-bond acceptors (Lipinski definition) is 0. The minimum absolute atomic E-state index is 0.591. The maximum atomic E-state index is 3.92. The number of halogens is 1. The lowest BCUT2D eigenvalue weighted by atomic mass is 9.42. The largest absolute Gasteiger partial charge is 0.0928 e. The third-order valence-corrected chi connectivity index (χ3v) is 12.3. The zero-order valence-electron chi connectivity index (χ0n) is 20.9. The Morgan fingerprint density at radius 3 is 2.33 bits per heavy atom. The molecule has 4 saturated carbocycles. The van der Waals surface area contributed by atoms with Gasteiger partial charge in [0.1, 0.15) is 0 Å². The number of hydrogen-bond donors (Lipinski definition) is 0. The fourth-order valence-electron chi connectivity index (χ4n) is 10.2. The molecule has 1 unspecified atom stereocenters. The average Bonchev–Trinajstić information content (AvgIpc) is 3.01. The molecule has 0 spiro atoms. The molecule has 0 aromatic heterocycles. The Bertz CT molecular complexity index is 583. The molecule has 4 fully saturated rings. The molecule has 4 aliphatic rings. The van der Waals surface area contributed by atoms with Gasteiger partial charge in [0.25, 0.3) is 0 Å². The average molecular weight is 480 g/mol. The molecule has 0 aromatic rings. The van der Waals surface area contributed by atoms with Crippen molar-refractivity contribution < 1.29 is 0 Å². The molecule has 0 aliphatic heterocycles. The van der Waals surface area contributed by atoms with Crippen LogP contribution in [0.5, 0.6) is 0 Å². The zero-order chi connectivity index (χ0) is 21.6. The highest BCUT2D eigenvalue weighted by Gasteiger charge is 2.65. The summed E-state index contributed by atoms with van der Waals surface area (Å²) in [4.78, 5) is 0. The summed E-state index contributed by atoms with van der Waals surface area (Å²) in [5, 5.41) is 1.21. The summed E-state index contributed by atoms with van der Waals surface area (Å²) in [6, 6.07) is 0. The van der Waals surface area contributed by atoms with Crippen molar-refractivity contribution in [3.8, 4) is 0 Å². The Balaban J connectivity index is 1.57. The molecule has 0 heterocycles. The second-order valence-corrected chi connectivity index (χ2v) is 14.0. The second-order valence-electron chi connectivity index (χ2n) is 13.2. The minimum atomic E-state index is 0.591. The van der Waals surface area contributed by atoms with E-state index in [1.165, 1.54) is 56.7 Å². The van der Waals surface area contributed by atoms with Crippen molar-refractivity contribution in [3.63, 3.8) is 0 Å². The smallest absolute Gasteiger partial charge is 0.00368 e. The second kappa shape index (κ2) is 9.02. The van der Waals surface area contributed by atoms with Crippen LogP contribution in [0.3, 0.4) is 0 Å². The summed E-state index contributed by atoms with van der Waals surface area (Å²) in [7, 11) is 0. The molecule has 174 valence electrons. The van der Waals surface area contributed by atoms with Crippen molar-refractivity contribution in [1.29, 1.82) is 0 Å². The van der Waals surface area contributed by atoms with Gasteiger partial charge < -0.3 is 0 Å². The molecular formula is C29H51Br. The summed E-state index contributed by atoms with van der Waals surface area (Å²) < 4.78 is 0. The zero-order valence-corrected chi connectivity index (χ0v) is 22.5. The lowest BCUT2D eigenvalue weighted by molar-refractivity contribution is -0.136. The highest BCUT2D eigenvalue weighted by Crippen LogP contribution is 2.73. The molecule has 0 saturated heterocycles. The van der Waals surface area contributed by atoms with Gasteiger partial charge in [0.2, 0.25) is 0 Å². The van der Waals surface area contributed by atoms with E-state index < -0.39 is 0 Å². The van der Waals surface area contributed by atoms with E-state index in [1.54, 1.807) is 38.5 Å². The van der Waals surface area contributed by atoms with Crippen LogP contribution in [-0.4, -0.2) is 5.33 Å². The van der Waals surface area contributed by atoms with Crippen LogP contribution in [0.2, 0.25) is 0 Å². The van der Waals surface area contributed by atoms with E-state index >= 15 is 0 Å². The summed E-state index contributed by atoms with van der Waals surface area (Å²) in [6.45, 7) is 13.0. The molecule has 30 heavy (non-hydrogen) atoms. The lowest BCUT2D eigenvalue weighted by Gasteiger charge is -2.63. The molecule has 4 rings (SSSR count). The summed E-state index contributed by atoms with van der Waals surface area (Å²) in [5.74, 6) is 5.91. The molecule has 0 aromatic carbocycles. The Kier molecular flexibility index (Phi) is 7.11. The quantitative estimate of drug-likeness (QED) is 0.319. The first-order valence-electron chi connectivity index (χ1n) is 13.8. The van der Waals surface area contributed by atoms with Gasteiger partial charge in [-0.3, -0.25) is 0 Å². The monoisotopic (exact) mass is 478 g/mol. The molecular weight excluding hydrogens is 428 g/mol. The Morgan fingerprint density at radius 2 is 1.60 bits per heavy atom. The molecule has 0 bridgehead atoms. The van der Waals surface area contributed by atoms with Gasteiger partial charge >= 0.3 is 0 Å². The first kappa shape index (κ1) is 23.6. The third kappa shape index (κ3) is 3.68. The van der Waals surface area contributed by atoms with Crippen LogP contribution in [0.1, 0.15) is 125 Å². The van der Waals surface area contributed by atoms with Crippen molar-refractivity contribution in [2.24, 2.45) is 51.8 Å². The normalized spacial score (nSPS) is 46.9. The highest BCUT2D eigenvalue weighted by molar-refractivity contribution is 9.09. The maximum absolute atomic E-state index is 3.92. The number of alkyl halides is 1. The number of rotatable bonds is 7. The first-order valence-corrected chi connectivity index (χ1v) is 15.0. The minimum Gasteiger partial charge on any atom is -0.0928 e. The van der Waals surface area contributed by atoms with Gasteiger partial charge in [0.15, 0.2) is 0 Å². The van der Waals surface area contributed by atoms with Gasteiger partial charge in [0.05, 0.1) is 0 Å². The Hall–Kier alpha value is 0.480. The van der Waals surface area contributed by atoms with Crippen molar-refractivity contribution >= 4 is 15.9 Å². The van der Waals surface area contributed by atoms with E-state index in [2.05, 4.69) is 50.5 Å². The van der Waals surface area contributed by atoms with Crippen LogP contribution in [0.4, 0.5) is 0 Å². The standard InChI is InChI=1S/C29H51Br/c1-21(2)9-8-10-22(3)29(19-20-30)18-15-26-24-13-12-23-11-6-7-16-27(23,4)25(24)14-17-28(26,29)5/h21-26H,6-20H2,1-5H3/t22-,23?,24-,25+,26+,27+,28+,29+/m1/s1. The van der Waals surface area contributed by atoms with Gasteiger partial charge in [0, 0.05) is 5.33 Å². The van der Waals surface area contributed by atoms with Crippen LogP contribution >= 0.6 is 15.9 Å². The van der Waals surface area contributed by atoms with Gasteiger partial charge in [-0.15, -0.1) is 0 Å². The van der Waals surface area contributed by atoms with Crippen molar-refractivity contribution in [1.82, 2.24) is 0 Å². The lowest BCUT2D eigenvalue weighted by Crippen LogP contribution is -2.55. The van der Waals surface area contributed by atoms with Crippen LogP contribution in [-0.2, 0) is 0 Å². The Morgan fingerprint density at radius 1 is 0.833 bits per heavy atom. The summed E-state index contributed by atoms with van der Waals surface area (Å²) in [6.07, 6.45) is 21.1. The summed E-state index contributed by atoms with van der Waals surface area (Å²) in [5.41, 5.74) is 1.87. The first-order chi connectivity index (χ1) is 14.3. The van der Waals surface area contributed by atoms with Crippen LogP contribution in [0.25, 0.3) is 0 Å². The van der Waals surface area contributed by atoms with Gasteiger partial charge in [-0.05, 0) is 110 Å². The van der Waals surface area contributed by atoms with E-state index in [-0.39, 0.29) is 0 Å². The maximum Gasteiger partial charge on any atom is 0.00368 e. The van der Waals surface area contributed by atoms with E-state index in [0.717, 1.165) is 35.5 Å². The molecule has 8 atom stereocenters. The van der Waals surface area contributed by atoms with Crippen LogP contribution in [0, 0.1) is 51.8 Å². The highest BCUT2D eigenvalue weighted by atomic mass is 79.9. The Labute approximate surface area is 197 Å². The van der Waals surface area contributed by atoms with E-state index in [4.69, 9.17) is 0 Å². The van der Waals surface area contributed by atoms with Gasteiger partial charge in [-0.1, -0.05) is 82.7 Å². The van der Waals surface area contributed by atoms with Gasteiger partial charge in [-0.25, -0.2) is 0 Å². The molecule has 4 aliphatic carbocycles. The SMILES string of the molecule is CC(C)CCC[C@@H](C)[C@@]1(CCBr)CC[C@H]2[C@@H]3CCC4CCCC[C@]4(C)[C@H]3CC[C@@]21C.